The van der Waals surface area contributed by atoms with E-state index in [0.29, 0.717) is 24.0 Å². The lowest BCUT2D eigenvalue weighted by Gasteiger charge is -2.55. The Kier molecular flexibility index (Phi) is 2.50. The SMILES string of the molecule is CC1=C2CC3[C@](C)(CCC[C@@]3(C)O)C[C@]2(O)OC1=O. The molecule has 2 fully saturated rings. The minimum Gasteiger partial charge on any atom is -0.426 e. The van der Waals surface area contributed by atoms with Gasteiger partial charge in [0.25, 0.3) is 0 Å². The van der Waals surface area contributed by atoms with E-state index in [1.54, 1.807) is 6.92 Å². The van der Waals surface area contributed by atoms with E-state index in [9.17, 15) is 15.0 Å². The fraction of sp³-hybridized carbons (Fsp3) is 0.800. The first-order valence-corrected chi connectivity index (χ1v) is 7.06. The molecule has 0 spiro atoms. The van der Waals surface area contributed by atoms with Gasteiger partial charge in [-0.25, -0.2) is 4.79 Å². The molecule has 0 radical (unpaired) electrons. The van der Waals surface area contributed by atoms with Crippen LogP contribution >= 0.6 is 0 Å². The Morgan fingerprint density at radius 2 is 1.95 bits per heavy atom. The van der Waals surface area contributed by atoms with E-state index in [1.807, 2.05) is 6.92 Å². The average molecular weight is 266 g/mol. The van der Waals surface area contributed by atoms with Crippen LogP contribution in [0.3, 0.4) is 0 Å². The van der Waals surface area contributed by atoms with Crippen LogP contribution in [0.1, 0.15) is 52.9 Å². The van der Waals surface area contributed by atoms with Crippen LogP contribution in [0.4, 0.5) is 0 Å². The molecular weight excluding hydrogens is 244 g/mol. The van der Waals surface area contributed by atoms with Crippen molar-refractivity contribution in [2.75, 3.05) is 0 Å². The highest BCUT2D eigenvalue weighted by molar-refractivity contribution is 5.92. The second-order valence-electron chi connectivity index (χ2n) is 7.08. The Hall–Kier alpha value is -0.870. The van der Waals surface area contributed by atoms with Crippen molar-refractivity contribution in [2.24, 2.45) is 11.3 Å². The lowest BCUT2D eigenvalue weighted by atomic mass is 9.53. The predicted octanol–water partition coefficient (Wildman–Crippen LogP) is 1.90. The van der Waals surface area contributed by atoms with Crippen molar-refractivity contribution in [3.8, 4) is 0 Å². The zero-order valence-corrected chi connectivity index (χ0v) is 11.8. The van der Waals surface area contributed by atoms with Crippen LogP contribution in [0.2, 0.25) is 0 Å². The average Bonchev–Trinajstić information content (AvgIpc) is 2.45. The predicted molar refractivity (Wildman–Crippen MR) is 69.0 cm³/mol. The van der Waals surface area contributed by atoms with Gasteiger partial charge in [0.2, 0.25) is 5.79 Å². The van der Waals surface area contributed by atoms with Crippen LogP contribution in [-0.2, 0) is 9.53 Å². The molecule has 2 saturated carbocycles. The number of hydrogen-bond acceptors (Lipinski definition) is 4. The first kappa shape index (κ1) is 13.1. The van der Waals surface area contributed by atoms with Gasteiger partial charge in [-0.2, -0.15) is 0 Å². The van der Waals surface area contributed by atoms with Crippen LogP contribution < -0.4 is 0 Å². The van der Waals surface area contributed by atoms with Crippen molar-refractivity contribution >= 4 is 5.97 Å². The van der Waals surface area contributed by atoms with E-state index in [4.69, 9.17) is 4.74 Å². The van der Waals surface area contributed by atoms with E-state index in [2.05, 4.69) is 6.92 Å². The van der Waals surface area contributed by atoms with E-state index >= 15 is 0 Å². The minimum atomic E-state index is -1.43. The Morgan fingerprint density at radius 3 is 2.63 bits per heavy atom. The molecule has 0 bridgehead atoms. The first-order valence-electron chi connectivity index (χ1n) is 7.06. The summed E-state index contributed by atoms with van der Waals surface area (Å²) in [4.78, 5) is 11.7. The standard InChI is InChI=1S/C15H22O4/c1-9-10-7-11-13(2,5-4-6-14(11,3)17)8-15(10,18)19-12(9)16/h11,17-18H,4-8H2,1-3H3/t11?,13-,14-,15+/m1/s1. The van der Waals surface area contributed by atoms with E-state index in [0.717, 1.165) is 19.3 Å². The van der Waals surface area contributed by atoms with Crippen molar-refractivity contribution < 1.29 is 19.7 Å². The lowest BCUT2D eigenvalue weighted by molar-refractivity contribution is -0.220. The number of carbonyl (C=O) groups is 1. The highest BCUT2D eigenvalue weighted by Gasteiger charge is 2.60. The summed E-state index contributed by atoms with van der Waals surface area (Å²) in [6.45, 7) is 5.68. The maximum absolute atomic E-state index is 11.7. The van der Waals surface area contributed by atoms with Crippen molar-refractivity contribution in [3.63, 3.8) is 0 Å². The van der Waals surface area contributed by atoms with Gasteiger partial charge in [0.15, 0.2) is 0 Å². The summed E-state index contributed by atoms with van der Waals surface area (Å²) in [7, 11) is 0. The van der Waals surface area contributed by atoms with E-state index < -0.39 is 17.4 Å². The van der Waals surface area contributed by atoms with Gasteiger partial charge in [0, 0.05) is 17.6 Å². The fourth-order valence-corrected chi connectivity index (χ4v) is 4.54. The molecule has 4 nitrogen and oxygen atoms in total. The lowest BCUT2D eigenvalue weighted by Crippen LogP contribution is -2.56. The summed E-state index contributed by atoms with van der Waals surface area (Å²) in [5.74, 6) is -1.77. The second-order valence-corrected chi connectivity index (χ2v) is 7.08. The minimum absolute atomic E-state index is 0.0773. The Labute approximate surface area is 113 Å². The summed E-state index contributed by atoms with van der Waals surface area (Å²) in [5, 5.41) is 21.3. The maximum Gasteiger partial charge on any atom is 0.336 e. The number of esters is 1. The van der Waals surface area contributed by atoms with Crippen LogP contribution in [0.15, 0.2) is 11.1 Å². The molecule has 1 unspecified atom stereocenters. The number of hydrogen-bond donors (Lipinski definition) is 2. The van der Waals surface area contributed by atoms with Gasteiger partial charge in [-0.15, -0.1) is 0 Å². The number of fused-ring (bicyclic) bond motifs is 2. The summed E-state index contributed by atoms with van der Waals surface area (Å²) < 4.78 is 5.21. The van der Waals surface area contributed by atoms with Crippen molar-refractivity contribution in [1.29, 1.82) is 0 Å². The van der Waals surface area contributed by atoms with Crippen LogP contribution in [-0.4, -0.2) is 27.6 Å². The summed E-state index contributed by atoms with van der Waals surface area (Å²) in [5.41, 5.74) is 0.297. The Balaban J connectivity index is 2.05. The molecule has 4 atom stereocenters. The molecule has 0 aromatic heterocycles. The largest absolute Gasteiger partial charge is 0.426 e. The van der Waals surface area contributed by atoms with Gasteiger partial charge in [0.1, 0.15) is 0 Å². The molecule has 0 saturated heterocycles. The number of carbonyl (C=O) groups excluding carboxylic acids is 1. The zero-order chi connectivity index (χ0) is 14.1. The normalized spacial score (nSPS) is 49.7. The molecule has 0 amide bonds. The van der Waals surface area contributed by atoms with Gasteiger partial charge >= 0.3 is 5.97 Å². The zero-order valence-electron chi connectivity index (χ0n) is 11.8. The molecule has 1 heterocycles. The van der Waals surface area contributed by atoms with Gasteiger partial charge in [-0.1, -0.05) is 13.3 Å². The van der Waals surface area contributed by atoms with Crippen molar-refractivity contribution in [1.82, 2.24) is 0 Å². The highest BCUT2D eigenvalue weighted by atomic mass is 16.7. The summed E-state index contributed by atoms with van der Waals surface area (Å²) >= 11 is 0. The monoisotopic (exact) mass is 266 g/mol. The molecule has 1 aliphatic heterocycles. The Bertz CT molecular complexity index is 479. The van der Waals surface area contributed by atoms with E-state index in [1.165, 1.54) is 0 Å². The first-order chi connectivity index (χ1) is 8.68. The summed E-state index contributed by atoms with van der Waals surface area (Å²) in [6, 6.07) is 0. The van der Waals surface area contributed by atoms with Crippen molar-refractivity contribution in [2.45, 2.75) is 64.3 Å². The molecule has 4 heteroatoms. The molecule has 2 aliphatic carbocycles. The quantitative estimate of drug-likeness (QED) is 0.657. The Morgan fingerprint density at radius 1 is 1.26 bits per heavy atom. The van der Waals surface area contributed by atoms with Crippen LogP contribution in [0, 0.1) is 11.3 Å². The molecule has 3 rings (SSSR count). The topological polar surface area (TPSA) is 66.8 Å². The third-order valence-corrected chi connectivity index (χ3v) is 5.57. The van der Waals surface area contributed by atoms with E-state index in [-0.39, 0.29) is 11.3 Å². The highest BCUT2D eigenvalue weighted by Crippen LogP contribution is 2.59. The van der Waals surface area contributed by atoms with Gasteiger partial charge in [0.05, 0.1) is 5.60 Å². The van der Waals surface area contributed by atoms with Crippen molar-refractivity contribution in [3.05, 3.63) is 11.1 Å². The molecule has 2 N–H and O–H groups in total. The third-order valence-electron chi connectivity index (χ3n) is 5.57. The number of aliphatic hydroxyl groups is 2. The van der Waals surface area contributed by atoms with Gasteiger partial charge in [-0.05, 0) is 44.4 Å². The van der Waals surface area contributed by atoms with Gasteiger partial charge in [-0.3, -0.25) is 0 Å². The smallest absolute Gasteiger partial charge is 0.336 e. The second kappa shape index (κ2) is 3.61. The fourth-order valence-electron chi connectivity index (χ4n) is 4.54. The molecule has 0 aromatic rings. The van der Waals surface area contributed by atoms with Crippen LogP contribution in [0.25, 0.3) is 0 Å². The molecular formula is C15H22O4. The molecule has 106 valence electrons. The third kappa shape index (κ3) is 1.69. The number of ether oxygens (including phenoxy) is 1. The molecule has 3 aliphatic rings. The molecule has 19 heavy (non-hydrogen) atoms. The molecule has 0 aromatic carbocycles. The van der Waals surface area contributed by atoms with Gasteiger partial charge < -0.3 is 14.9 Å². The number of rotatable bonds is 0. The maximum atomic E-state index is 11.7. The summed E-state index contributed by atoms with van der Waals surface area (Å²) in [6.07, 6.45) is 3.64. The van der Waals surface area contributed by atoms with Crippen LogP contribution in [0.5, 0.6) is 0 Å².